The smallest absolute Gasteiger partial charge is 0.249 e. The maximum absolute atomic E-state index is 11.1. The lowest BCUT2D eigenvalue weighted by Crippen LogP contribution is -1.95. The summed E-state index contributed by atoms with van der Waals surface area (Å²) < 4.78 is 5.22. The fraction of sp³-hybridized carbons (Fsp3) is 0.100. The van der Waals surface area contributed by atoms with E-state index in [-0.39, 0.29) is 0 Å². The fourth-order valence-electron chi connectivity index (χ4n) is 0.947. The quantitative estimate of drug-likeness (QED) is 0.326. The largest absolute Gasteiger partial charge is 0.490 e. The summed E-state index contributed by atoms with van der Waals surface area (Å²) in [7, 11) is 0. The highest BCUT2D eigenvalue weighted by atomic mass is 16.5. The zero-order valence-electron chi connectivity index (χ0n) is 7.96. The molecule has 0 N–H and O–H groups in total. The van der Waals surface area contributed by atoms with Crippen LogP contribution in [0, 0.1) is 0 Å². The van der Waals surface area contributed by atoms with Gasteiger partial charge in [-0.05, 0) is 34.9 Å². The summed E-state index contributed by atoms with van der Waals surface area (Å²) in [5, 5.41) is 2.97. The Morgan fingerprint density at radius 3 is 2.73 bits per heavy atom. The van der Waals surface area contributed by atoms with Gasteiger partial charge in [-0.15, -0.1) is 0 Å². The van der Waals surface area contributed by atoms with Gasteiger partial charge in [-0.2, -0.15) is 0 Å². The predicted octanol–water partition coefficient (Wildman–Crippen LogP) is 2.70. The van der Waals surface area contributed by atoms with Crippen molar-refractivity contribution < 1.29 is 9.53 Å². The first-order valence-electron chi connectivity index (χ1n) is 4.21. The predicted molar refractivity (Wildman–Crippen MR) is 55.6 cm³/mol. The second-order valence-electron chi connectivity index (χ2n) is 2.62. The number of hydrogen-bond acceptors (Lipinski definition) is 2. The minimum Gasteiger partial charge on any atom is -0.490 e. The number of benzene rings is 1. The van der Waals surface area contributed by atoms with Crippen molar-refractivity contribution in [2.75, 3.05) is 6.61 Å². The third kappa shape index (κ3) is 3.17. The third-order valence-corrected chi connectivity index (χ3v) is 1.60. The lowest BCUT2D eigenvalue weighted by Gasteiger charge is -2.02. The molecule has 0 bridgehead atoms. The van der Waals surface area contributed by atoms with Crippen LogP contribution in [0.3, 0.4) is 0 Å². The SMILES string of the molecule is C=CCOc1ccc(C(=O)N=[N+]=[N-])cc1. The highest BCUT2D eigenvalue weighted by Gasteiger charge is 2.02. The summed E-state index contributed by atoms with van der Waals surface area (Å²) >= 11 is 0. The van der Waals surface area contributed by atoms with Gasteiger partial charge >= 0.3 is 0 Å². The van der Waals surface area contributed by atoms with E-state index in [2.05, 4.69) is 16.6 Å². The van der Waals surface area contributed by atoms with E-state index >= 15 is 0 Å². The Bertz CT molecular complexity index is 405. The van der Waals surface area contributed by atoms with Gasteiger partial charge < -0.3 is 4.74 Å². The molecule has 0 aromatic heterocycles. The molecule has 0 heterocycles. The number of amides is 1. The van der Waals surface area contributed by atoms with E-state index < -0.39 is 5.91 Å². The topological polar surface area (TPSA) is 75.1 Å². The molecule has 0 aliphatic carbocycles. The summed E-state index contributed by atoms with van der Waals surface area (Å²) in [6.45, 7) is 3.92. The molecule has 0 atom stereocenters. The van der Waals surface area contributed by atoms with E-state index in [1.165, 1.54) is 12.1 Å². The molecular weight excluding hydrogens is 194 g/mol. The van der Waals surface area contributed by atoms with Gasteiger partial charge in [0.2, 0.25) is 5.91 Å². The van der Waals surface area contributed by atoms with E-state index in [1.807, 2.05) is 0 Å². The van der Waals surface area contributed by atoms with Gasteiger partial charge in [0.15, 0.2) is 0 Å². The molecule has 1 rings (SSSR count). The average molecular weight is 203 g/mol. The molecule has 0 unspecified atom stereocenters. The monoisotopic (exact) mass is 203 g/mol. The number of hydrogen-bond donors (Lipinski definition) is 0. The molecule has 0 fully saturated rings. The molecule has 76 valence electrons. The molecule has 0 saturated heterocycles. The van der Waals surface area contributed by atoms with Crippen LogP contribution in [0.1, 0.15) is 10.4 Å². The van der Waals surface area contributed by atoms with Crippen LogP contribution in [0.4, 0.5) is 0 Å². The number of carbonyl (C=O) groups is 1. The van der Waals surface area contributed by atoms with Crippen molar-refractivity contribution in [3.8, 4) is 5.75 Å². The first kappa shape index (κ1) is 10.8. The zero-order chi connectivity index (χ0) is 11.1. The van der Waals surface area contributed by atoms with E-state index in [9.17, 15) is 4.79 Å². The highest BCUT2D eigenvalue weighted by Crippen LogP contribution is 2.12. The molecule has 1 aromatic rings. The lowest BCUT2D eigenvalue weighted by atomic mass is 10.2. The number of azide groups is 1. The van der Waals surface area contributed by atoms with Crippen molar-refractivity contribution in [3.05, 3.63) is 52.9 Å². The fourth-order valence-corrected chi connectivity index (χ4v) is 0.947. The van der Waals surface area contributed by atoms with E-state index in [0.29, 0.717) is 17.9 Å². The molecule has 0 spiro atoms. The minimum atomic E-state index is -0.604. The van der Waals surface area contributed by atoms with Gasteiger partial charge in [0.05, 0.1) is 0 Å². The van der Waals surface area contributed by atoms with Gasteiger partial charge in [-0.1, -0.05) is 12.7 Å². The third-order valence-electron chi connectivity index (χ3n) is 1.60. The molecular formula is C10H9N3O2. The van der Waals surface area contributed by atoms with Crippen LogP contribution in [0.5, 0.6) is 5.75 Å². The van der Waals surface area contributed by atoms with Crippen LogP contribution >= 0.6 is 0 Å². The summed E-state index contributed by atoms with van der Waals surface area (Å²) in [5.41, 5.74) is 8.40. The summed E-state index contributed by atoms with van der Waals surface area (Å²) in [5.74, 6) is 0.0279. The Hall–Kier alpha value is -2.26. The lowest BCUT2D eigenvalue weighted by molar-refractivity contribution is 0.100. The first-order valence-corrected chi connectivity index (χ1v) is 4.21. The van der Waals surface area contributed by atoms with Crippen molar-refractivity contribution in [1.29, 1.82) is 0 Å². The molecule has 0 saturated carbocycles. The van der Waals surface area contributed by atoms with Crippen LogP contribution in [0.15, 0.2) is 42.0 Å². The standard InChI is InChI=1S/C10H9N3O2/c1-2-7-15-9-5-3-8(4-6-9)10(14)12-13-11/h2-6H,1,7H2. The van der Waals surface area contributed by atoms with E-state index in [1.54, 1.807) is 18.2 Å². The van der Waals surface area contributed by atoms with Gasteiger partial charge in [0.1, 0.15) is 12.4 Å². The van der Waals surface area contributed by atoms with Gasteiger partial charge in [-0.3, -0.25) is 4.79 Å². The summed E-state index contributed by atoms with van der Waals surface area (Å²) in [4.78, 5) is 13.5. The average Bonchev–Trinajstić information content (AvgIpc) is 2.27. The van der Waals surface area contributed by atoms with Crippen molar-refractivity contribution >= 4 is 5.91 Å². The Morgan fingerprint density at radius 2 is 2.20 bits per heavy atom. The minimum absolute atomic E-state index is 0.332. The van der Waals surface area contributed by atoms with Gasteiger partial charge in [-0.25, -0.2) is 0 Å². The molecule has 1 aromatic carbocycles. The van der Waals surface area contributed by atoms with Crippen molar-refractivity contribution in [2.24, 2.45) is 5.11 Å². The molecule has 5 nitrogen and oxygen atoms in total. The van der Waals surface area contributed by atoms with Crippen LogP contribution < -0.4 is 4.74 Å². The van der Waals surface area contributed by atoms with Gasteiger partial charge in [0.25, 0.3) is 0 Å². The maximum atomic E-state index is 11.1. The van der Waals surface area contributed by atoms with Crippen molar-refractivity contribution in [3.63, 3.8) is 0 Å². The van der Waals surface area contributed by atoms with Crippen molar-refractivity contribution in [2.45, 2.75) is 0 Å². The Labute approximate surface area is 86.6 Å². The maximum Gasteiger partial charge on any atom is 0.249 e. The number of nitrogens with zero attached hydrogens (tertiary/aromatic N) is 3. The van der Waals surface area contributed by atoms with Crippen LogP contribution in [-0.2, 0) is 0 Å². The second kappa shape index (κ2) is 5.47. The van der Waals surface area contributed by atoms with Crippen LogP contribution in [-0.4, -0.2) is 12.5 Å². The van der Waals surface area contributed by atoms with Crippen molar-refractivity contribution in [1.82, 2.24) is 0 Å². The van der Waals surface area contributed by atoms with E-state index in [4.69, 9.17) is 10.3 Å². The van der Waals surface area contributed by atoms with E-state index in [0.717, 1.165) is 0 Å². The number of ether oxygens (including phenoxy) is 1. The highest BCUT2D eigenvalue weighted by molar-refractivity contribution is 5.94. The second-order valence-corrected chi connectivity index (χ2v) is 2.62. The van der Waals surface area contributed by atoms with Crippen LogP contribution in [0.2, 0.25) is 0 Å². The van der Waals surface area contributed by atoms with Gasteiger partial charge in [0, 0.05) is 10.5 Å². The first-order chi connectivity index (χ1) is 7.27. The molecule has 0 aliphatic heterocycles. The molecule has 0 radical (unpaired) electrons. The van der Waals surface area contributed by atoms with Crippen LogP contribution in [0.25, 0.3) is 10.4 Å². The number of rotatable bonds is 4. The Kier molecular flexibility index (Phi) is 3.94. The zero-order valence-corrected chi connectivity index (χ0v) is 7.96. The summed E-state index contributed by atoms with van der Waals surface area (Å²) in [6, 6.07) is 6.33. The summed E-state index contributed by atoms with van der Waals surface area (Å²) in [6.07, 6.45) is 1.62. The molecule has 1 amide bonds. The Morgan fingerprint density at radius 1 is 1.53 bits per heavy atom. The normalized spacial score (nSPS) is 8.80. The molecule has 5 heteroatoms. The molecule has 15 heavy (non-hydrogen) atoms. The molecule has 0 aliphatic rings. The number of carbonyl (C=O) groups excluding carboxylic acids is 1. The Balaban J connectivity index is 2.75.